The number of pyridine rings is 2. The first-order valence-corrected chi connectivity index (χ1v) is 18.7. The van der Waals surface area contributed by atoms with Crippen LogP contribution in [0.1, 0.15) is 38.9 Å². The normalized spacial score (nSPS) is 10.8. The van der Waals surface area contributed by atoms with Crippen molar-refractivity contribution in [2.75, 3.05) is 11.5 Å². The molecular weight excluding hydrogens is 763 g/mol. The second-order valence-electron chi connectivity index (χ2n) is 14.3. The van der Waals surface area contributed by atoms with Crippen molar-refractivity contribution in [3.8, 4) is 28.6 Å². The zero-order valence-corrected chi connectivity index (χ0v) is 32.5. The summed E-state index contributed by atoms with van der Waals surface area (Å²) in [5.41, 5.74) is 20.1. The zero-order valence-electron chi connectivity index (χ0n) is 32.5. The van der Waals surface area contributed by atoms with Gasteiger partial charge in [0, 0.05) is 54.8 Å². The number of aromatic amines is 2. The number of nitrogens with one attached hydrogen (secondary N) is 2. The molecule has 0 aliphatic rings. The predicted molar refractivity (Wildman–Crippen MR) is 226 cm³/mol. The molecule has 0 aliphatic heterocycles. The van der Waals surface area contributed by atoms with Crippen LogP contribution in [0.4, 0.5) is 26.1 Å². The van der Waals surface area contributed by atoms with E-state index in [0.29, 0.717) is 34.2 Å². The first kappa shape index (κ1) is 40.1. The fourth-order valence-electron chi connectivity index (χ4n) is 7.10. The largest absolute Gasteiger partial charge is 0.382 e. The number of nitriles is 1. The number of hydrogen-bond acceptors (Lipinski definition) is 9. The molecule has 14 heteroatoms. The molecular formula is C46H36F2N10O2. The maximum absolute atomic E-state index is 14.3. The summed E-state index contributed by atoms with van der Waals surface area (Å²) < 4.78 is 28.5. The molecule has 0 amide bonds. The van der Waals surface area contributed by atoms with E-state index in [1.165, 1.54) is 12.1 Å². The van der Waals surface area contributed by atoms with Crippen LogP contribution in [0.2, 0.25) is 0 Å². The number of aryl methyl sites for hydroxylation is 2. The van der Waals surface area contributed by atoms with Gasteiger partial charge in [0.25, 0.3) is 0 Å². The number of anilines is 2. The molecule has 4 aromatic carbocycles. The van der Waals surface area contributed by atoms with Crippen molar-refractivity contribution in [2.45, 2.75) is 39.5 Å². The van der Waals surface area contributed by atoms with Gasteiger partial charge in [0.2, 0.25) is 0 Å². The van der Waals surface area contributed by atoms with Crippen LogP contribution >= 0.6 is 0 Å². The summed E-state index contributed by atoms with van der Waals surface area (Å²) in [6.07, 6.45) is 3.30. The van der Waals surface area contributed by atoms with Gasteiger partial charge in [-0.1, -0.05) is 48.5 Å². The van der Waals surface area contributed by atoms with Crippen LogP contribution in [-0.2, 0) is 35.3 Å². The Morgan fingerprint density at radius 1 is 0.750 bits per heavy atom. The lowest BCUT2D eigenvalue weighted by molar-refractivity contribution is -0.118. The number of nitrogens with two attached hydrogens (primary N) is 2. The van der Waals surface area contributed by atoms with Gasteiger partial charge in [-0.25, -0.2) is 13.6 Å². The van der Waals surface area contributed by atoms with Crippen molar-refractivity contribution in [3.63, 3.8) is 0 Å². The number of fused-ring (bicyclic) bond motifs is 2. The Hall–Kier alpha value is -8.10. The second-order valence-corrected chi connectivity index (χ2v) is 14.3. The molecule has 0 saturated heterocycles. The minimum atomic E-state index is -0.629. The summed E-state index contributed by atoms with van der Waals surface area (Å²) in [5, 5.41) is 24.5. The van der Waals surface area contributed by atoms with Gasteiger partial charge in [-0.3, -0.25) is 29.8 Å². The Morgan fingerprint density at radius 2 is 1.30 bits per heavy atom. The quantitative estimate of drug-likeness (QED) is 0.0981. The van der Waals surface area contributed by atoms with Gasteiger partial charge in [-0.15, -0.1) is 0 Å². The third kappa shape index (κ3) is 8.44. The summed E-state index contributed by atoms with van der Waals surface area (Å²) >= 11 is 0. The number of nitrogen functional groups attached to an aromatic ring is 2. The SMILES string of the molecule is Cc1cc(C#N)c(F)c(CC(=O)Cc2ccc(-c3cccc4[nH]nc(N)c34)nc2)c1.[C-]#[N+]c1c(C)ccc(F)c1CC(=O)Cc1ccc(-c2cccc3[nH]nc(N)c23)nc1. The number of benzene rings is 4. The first-order valence-electron chi connectivity index (χ1n) is 18.7. The minimum Gasteiger partial charge on any atom is -0.382 e. The van der Waals surface area contributed by atoms with Gasteiger partial charge in [0.05, 0.1) is 45.3 Å². The number of hydrogen-bond donors (Lipinski definition) is 4. The summed E-state index contributed by atoms with van der Waals surface area (Å²) in [7, 11) is 0. The Labute approximate surface area is 342 Å². The molecule has 0 spiro atoms. The summed E-state index contributed by atoms with van der Waals surface area (Å²) in [6.45, 7) is 10.8. The maximum Gasteiger partial charge on any atom is 0.196 e. The van der Waals surface area contributed by atoms with Gasteiger partial charge < -0.3 is 11.5 Å². The number of rotatable bonds is 10. The molecule has 0 saturated carbocycles. The number of Topliss-reactive ketones (excluding diaryl/α,β-unsaturated/α-hetero) is 2. The highest BCUT2D eigenvalue weighted by Crippen LogP contribution is 2.32. The highest BCUT2D eigenvalue weighted by molar-refractivity contribution is 6.01. The van der Waals surface area contributed by atoms with Crippen molar-refractivity contribution in [3.05, 3.63) is 159 Å². The lowest BCUT2D eigenvalue weighted by Crippen LogP contribution is -2.09. The molecule has 4 aromatic heterocycles. The molecule has 8 aromatic rings. The van der Waals surface area contributed by atoms with Crippen molar-refractivity contribution in [1.29, 1.82) is 5.26 Å². The van der Waals surface area contributed by atoms with Crippen LogP contribution in [-0.4, -0.2) is 41.9 Å². The van der Waals surface area contributed by atoms with Crippen LogP contribution in [0.15, 0.2) is 97.3 Å². The maximum atomic E-state index is 14.3. The summed E-state index contributed by atoms with van der Waals surface area (Å²) in [6, 6.07) is 26.4. The number of carbonyl (C=O) groups is 2. The number of H-pyrrole nitrogens is 2. The van der Waals surface area contributed by atoms with Gasteiger partial charge in [0.1, 0.15) is 29.3 Å². The number of ketones is 2. The molecule has 0 fully saturated rings. The van der Waals surface area contributed by atoms with E-state index in [1.807, 2.05) is 66.7 Å². The van der Waals surface area contributed by atoms with Gasteiger partial charge >= 0.3 is 0 Å². The average molecular weight is 799 g/mol. The Kier molecular flexibility index (Phi) is 11.5. The predicted octanol–water partition coefficient (Wildman–Crippen LogP) is 8.44. The zero-order chi connectivity index (χ0) is 42.5. The molecule has 0 radical (unpaired) electrons. The monoisotopic (exact) mass is 798 g/mol. The van der Waals surface area contributed by atoms with Crippen LogP contribution in [0, 0.1) is 43.4 Å². The van der Waals surface area contributed by atoms with E-state index in [4.69, 9.17) is 23.3 Å². The van der Waals surface area contributed by atoms with E-state index in [0.717, 1.165) is 44.1 Å². The molecule has 4 heterocycles. The van der Waals surface area contributed by atoms with Crippen LogP contribution in [0.3, 0.4) is 0 Å². The van der Waals surface area contributed by atoms with E-state index in [2.05, 4.69) is 35.2 Å². The highest BCUT2D eigenvalue weighted by atomic mass is 19.1. The van der Waals surface area contributed by atoms with E-state index in [-0.39, 0.29) is 59.6 Å². The van der Waals surface area contributed by atoms with E-state index in [1.54, 1.807) is 38.4 Å². The van der Waals surface area contributed by atoms with Gasteiger partial charge in [-0.2, -0.15) is 15.5 Å². The molecule has 0 unspecified atom stereocenters. The number of halogens is 2. The Morgan fingerprint density at radius 3 is 1.80 bits per heavy atom. The fourth-order valence-corrected chi connectivity index (χ4v) is 7.10. The summed E-state index contributed by atoms with van der Waals surface area (Å²) in [5.74, 6) is -0.690. The van der Waals surface area contributed by atoms with Crippen LogP contribution in [0.25, 0.3) is 49.2 Å². The highest BCUT2D eigenvalue weighted by Gasteiger charge is 2.18. The van der Waals surface area contributed by atoms with Gasteiger partial charge in [0.15, 0.2) is 17.3 Å². The molecule has 12 nitrogen and oxygen atoms in total. The van der Waals surface area contributed by atoms with Gasteiger partial charge in [-0.05, 0) is 78.1 Å². The molecule has 0 bridgehead atoms. The van der Waals surface area contributed by atoms with Crippen molar-refractivity contribution >= 4 is 50.7 Å². The minimum absolute atomic E-state index is 0.0449. The van der Waals surface area contributed by atoms with Crippen LogP contribution in [0.5, 0.6) is 0 Å². The van der Waals surface area contributed by atoms with Crippen molar-refractivity contribution < 1.29 is 18.4 Å². The summed E-state index contributed by atoms with van der Waals surface area (Å²) in [4.78, 5) is 37.3. The number of nitrogens with zero attached hydrogens (tertiary/aromatic N) is 6. The molecule has 296 valence electrons. The second kappa shape index (κ2) is 17.2. The van der Waals surface area contributed by atoms with E-state index < -0.39 is 11.6 Å². The standard InChI is InChI=1S/2C23H18FN5O/c1-13-6-8-18(24)17(22(13)26-2)11-15(30)10-14-7-9-19(27-12-14)16-4-3-5-20-21(16)23(25)29-28-20;1-13-7-15(22(24)16(8-13)11-25)10-17(30)9-14-5-6-19(27-12-14)18-3-2-4-20-21(18)23(26)29-28-20/h3-9,12H,10-11H2,1H3,(H3,25,28,29);2-8,12H,9-10H2,1H3,(H3,26,28,29). The third-order valence-corrected chi connectivity index (χ3v) is 9.95. The lowest BCUT2D eigenvalue weighted by atomic mass is 9.99. The molecule has 0 atom stereocenters. The third-order valence-electron chi connectivity index (χ3n) is 9.95. The van der Waals surface area contributed by atoms with E-state index in [9.17, 15) is 18.4 Å². The van der Waals surface area contributed by atoms with Crippen molar-refractivity contribution in [1.82, 2.24) is 30.4 Å². The number of carbonyl (C=O) groups excluding carboxylic acids is 2. The Bertz CT molecular complexity index is 3010. The lowest BCUT2D eigenvalue weighted by Gasteiger charge is -2.08. The average Bonchev–Trinajstić information content (AvgIpc) is 3.83. The molecule has 8 rings (SSSR count). The smallest absolute Gasteiger partial charge is 0.196 e. The fraction of sp³-hybridized carbons (Fsp3) is 0.130. The first-order chi connectivity index (χ1) is 28.9. The molecule has 60 heavy (non-hydrogen) atoms. The van der Waals surface area contributed by atoms with Crippen LogP contribution < -0.4 is 11.5 Å². The molecule has 0 aliphatic carbocycles. The van der Waals surface area contributed by atoms with Crippen molar-refractivity contribution in [2.24, 2.45) is 0 Å². The molecule has 6 N–H and O–H groups in total. The van der Waals surface area contributed by atoms with E-state index >= 15 is 0 Å². The topological polar surface area (TPSA) is 197 Å². The number of aromatic nitrogens is 6. The Balaban J connectivity index is 0.000000181.